The first kappa shape index (κ1) is 16.7. The number of rotatable bonds is 9. The maximum absolute atomic E-state index is 11.8. The van der Waals surface area contributed by atoms with Crippen LogP contribution >= 0.6 is 11.3 Å². The Kier molecular flexibility index (Phi) is 6.57. The molecule has 0 aromatic carbocycles. The van der Waals surface area contributed by atoms with Crippen molar-refractivity contribution in [2.24, 2.45) is 0 Å². The zero-order chi connectivity index (χ0) is 15.8. The lowest BCUT2D eigenvalue weighted by Gasteiger charge is -2.11. The molecule has 1 aliphatic heterocycles. The molecule has 1 aromatic rings. The Hall–Kier alpha value is -1.70. The molecule has 0 spiro atoms. The van der Waals surface area contributed by atoms with Crippen molar-refractivity contribution in [3.8, 4) is 0 Å². The van der Waals surface area contributed by atoms with E-state index in [2.05, 4.69) is 22.4 Å². The third-order valence-electron chi connectivity index (χ3n) is 3.38. The number of ether oxygens (including phenoxy) is 1. The second-order valence-electron chi connectivity index (χ2n) is 5.21. The van der Waals surface area contributed by atoms with Gasteiger partial charge in [-0.3, -0.25) is 4.79 Å². The third kappa shape index (κ3) is 5.25. The molecule has 1 aliphatic rings. The molecule has 2 amide bonds. The Morgan fingerprint density at radius 2 is 2.23 bits per heavy atom. The van der Waals surface area contributed by atoms with Crippen molar-refractivity contribution in [2.75, 3.05) is 25.0 Å². The van der Waals surface area contributed by atoms with E-state index in [1.807, 2.05) is 0 Å². The first-order valence-corrected chi connectivity index (χ1v) is 8.54. The predicted octanol–water partition coefficient (Wildman–Crippen LogP) is 2.44. The SMILES string of the molecule is CCCCCc1nnc(NC(=O)CCCN2CCOC2=O)s1. The normalized spacial score (nSPS) is 14.2. The number of carbonyl (C=O) groups is 2. The predicted molar refractivity (Wildman–Crippen MR) is 83.9 cm³/mol. The summed E-state index contributed by atoms with van der Waals surface area (Å²) in [4.78, 5) is 24.7. The smallest absolute Gasteiger partial charge is 0.409 e. The molecule has 1 saturated heterocycles. The molecule has 2 rings (SSSR count). The summed E-state index contributed by atoms with van der Waals surface area (Å²) in [5.41, 5.74) is 0. The molecule has 1 N–H and O–H groups in total. The number of hydrogen-bond acceptors (Lipinski definition) is 6. The van der Waals surface area contributed by atoms with Crippen LogP contribution in [0.15, 0.2) is 0 Å². The van der Waals surface area contributed by atoms with Crippen LogP contribution in [0.4, 0.5) is 9.93 Å². The number of unbranched alkanes of at least 4 members (excludes halogenated alkanes) is 2. The van der Waals surface area contributed by atoms with E-state index in [9.17, 15) is 9.59 Å². The van der Waals surface area contributed by atoms with Crippen LogP contribution in [0.1, 0.15) is 44.0 Å². The van der Waals surface area contributed by atoms with Crippen LogP contribution in [0.3, 0.4) is 0 Å². The highest BCUT2D eigenvalue weighted by Gasteiger charge is 2.21. The van der Waals surface area contributed by atoms with Gasteiger partial charge in [-0.05, 0) is 12.8 Å². The van der Waals surface area contributed by atoms with Crippen LogP contribution < -0.4 is 5.32 Å². The van der Waals surface area contributed by atoms with Crippen molar-refractivity contribution in [1.29, 1.82) is 0 Å². The number of aryl methyl sites for hydroxylation is 1. The molecule has 0 saturated carbocycles. The fourth-order valence-corrected chi connectivity index (χ4v) is 2.97. The van der Waals surface area contributed by atoms with E-state index in [-0.39, 0.29) is 12.0 Å². The van der Waals surface area contributed by atoms with E-state index in [0.29, 0.717) is 37.7 Å². The topological polar surface area (TPSA) is 84.4 Å². The highest BCUT2D eigenvalue weighted by atomic mass is 32.1. The minimum Gasteiger partial charge on any atom is -0.448 e. The van der Waals surface area contributed by atoms with Crippen LogP contribution in [0, 0.1) is 0 Å². The highest BCUT2D eigenvalue weighted by molar-refractivity contribution is 7.15. The van der Waals surface area contributed by atoms with Gasteiger partial charge in [-0.15, -0.1) is 10.2 Å². The molecule has 1 fully saturated rings. The Bertz CT molecular complexity index is 506. The number of carbonyl (C=O) groups excluding carboxylic acids is 2. The second-order valence-corrected chi connectivity index (χ2v) is 6.27. The summed E-state index contributed by atoms with van der Waals surface area (Å²) in [6.45, 7) is 3.76. The van der Waals surface area contributed by atoms with Gasteiger partial charge in [0.2, 0.25) is 11.0 Å². The Morgan fingerprint density at radius 1 is 1.36 bits per heavy atom. The standard InChI is InChI=1S/C14H22N4O3S/c1-2-3-4-7-12-16-17-13(22-12)15-11(19)6-5-8-18-9-10-21-14(18)20/h2-10H2,1H3,(H,15,17,19). The number of hydrogen-bond donors (Lipinski definition) is 1. The van der Waals surface area contributed by atoms with Gasteiger partial charge in [0.05, 0.1) is 6.54 Å². The third-order valence-corrected chi connectivity index (χ3v) is 4.28. The van der Waals surface area contributed by atoms with Gasteiger partial charge < -0.3 is 15.0 Å². The number of aromatic nitrogens is 2. The van der Waals surface area contributed by atoms with Crippen LogP contribution in [0.2, 0.25) is 0 Å². The van der Waals surface area contributed by atoms with Crippen molar-refractivity contribution in [2.45, 2.75) is 45.4 Å². The molecule has 0 unspecified atom stereocenters. The van der Waals surface area contributed by atoms with Crippen molar-refractivity contribution in [1.82, 2.24) is 15.1 Å². The molecule has 8 heteroatoms. The molecule has 0 aliphatic carbocycles. The van der Waals surface area contributed by atoms with Crippen LogP contribution in [0.25, 0.3) is 0 Å². The molecular formula is C14H22N4O3S. The summed E-state index contributed by atoms with van der Waals surface area (Å²) in [5, 5.41) is 12.3. The second kappa shape index (κ2) is 8.67. The van der Waals surface area contributed by atoms with Crippen LogP contribution in [-0.4, -0.2) is 46.8 Å². The summed E-state index contributed by atoms with van der Waals surface area (Å²) in [6.07, 6.45) is 5.05. The number of anilines is 1. The first-order chi connectivity index (χ1) is 10.7. The van der Waals surface area contributed by atoms with Crippen molar-refractivity contribution >= 4 is 28.5 Å². The summed E-state index contributed by atoms with van der Waals surface area (Å²) in [7, 11) is 0. The Balaban J connectivity index is 1.65. The molecule has 2 heterocycles. The molecule has 1 aromatic heterocycles. The molecule has 22 heavy (non-hydrogen) atoms. The summed E-state index contributed by atoms with van der Waals surface area (Å²) in [5.74, 6) is -0.0937. The van der Waals surface area contributed by atoms with Gasteiger partial charge >= 0.3 is 6.09 Å². The van der Waals surface area contributed by atoms with Gasteiger partial charge in [0.25, 0.3) is 0 Å². The van der Waals surface area contributed by atoms with Gasteiger partial charge in [-0.2, -0.15) is 0 Å². The van der Waals surface area contributed by atoms with E-state index >= 15 is 0 Å². The van der Waals surface area contributed by atoms with Gasteiger partial charge in [-0.1, -0.05) is 31.1 Å². The summed E-state index contributed by atoms with van der Waals surface area (Å²) in [6, 6.07) is 0. The largest absolute Gasteiger partial charge is 0.448 e. The zero-order valence-corrected chi connectivity index (χ0v) is 13.7. The quantitative estimate of drug-likeness (QED) is 0.705. The van der Waals surface area contributed by atoms with E-state index in [0.717, 1.165) is 17.8 Å². The molecular weight excluding hydrogens is 304 g/mol. The number of nitrogens with one attached hydrogen (secondary N) is 1. The van der Waals surface area contributed by atoms with E-state index in [1.165, 1.54) is 24.2 Å². The van der Waals surface area contributed by atoms with E-state index in [4.69, 9.17) is 4.74 Å². The fourth-order valence-electron chi connectivity index (χ4n) is 2.17. The van der Waals surface area contributed by atoms with E-state index in [1.54, 1.807) is 4.90 Å². The molecule has 0 bridgehead atoms. The van der Waals surface area contributed by atoms with Crippen molar-refractivity contribution < 1.29 is 14.3 Å². The number of amides is 2. The maximum atomic E-state index is 11.8. The van der Waals surface area contributed by atoms with Gasteiger partial charge in [-0.25, -0.2) is 4.79 Å². The van der Waals surface area contributed by atoms with Gasteiger partial charge in [0.1, 0.15) is 11.6 Å². The highest BCUT2D eigenvalue weighted by Crippen LogP contribution is 2.18. The zero-order valence-electron chi connectivity index (χ0n) is 12.8. The van der Waals surface area contributed by atoms with E-state index < -0.39 is 0 Å². The van der Waals surface area contributed by atoms with Crippen LogP contribution in [0.5, 0.6) is 0 Å². The molecule has 0 atom stereocenters. The Labute approximate surface area is 134 Å². The average Bonchev–Trinajstić information content (AvgIpc) is 3.09. The van der Waals surface area contributed by atoms with Crippen molar-refractivity contribution in [3.05, 3.63) is 5.01 Å². The minimum atomic E-state index is -0.291. The number of nitrogens with zero attached hydrogens (tertiary/aromatic N) is 3. The van der Waals surface area contributed by atoms with Gasteiger partial charge in [0, 0.05) is 19.4 Å². The average molecular weight is 326 g/mol. The fraction of sp³-hybridized carbons (Fsp3) is 0.714. The van der Waals surface area contributed by atoms with Crippen LogP contribution in [-0.2, 0) is 16.0 Å². The molecule has 122 valence electrons. The van der Waals surface area contributed by atoms with Gasteiger partial charge in [0.15, 0.2) is 0 Å². The lowest BCUT2D eigenvalue weighted by molar-refractivity contribution is -0.116. The minimum absolute atomic E-state index is 0.0937. The maximum Gasteiger partial charge on any atom is 0.409 e. The summed E-state index contributed by atoms with van der Waals surface area (Å²) < 4.78 is 4.83. The molecule has 0 radical (unpaired) electrons. The van der Waals surface area contributed by atoms with Crippen molar-refractivity contribution in [3.63, 3.8) is 0 Å². The lowest BCUT2D eigenvalue weighted by atomic mass is 10.2. The lowest BCUT2D eigenvalue weighted by Crippen LogP contribution is -2.26. The Morgan fingerprint density at radius 3 is 2.95 bits per heavy atom. The molecule has 7 nitrogen and oxygen atoms in total. The summed E-state index contributed by atoms with van der Waals surface area (Å²) >= 11 is 1.43. The number of cyclic esters (lactones) is 1. The first-order valence-electron chi connectivity index (χ1n) is 7.73. The monoisotopic (exact) mass is 326 g/mol.